The van der Waals surface area contributed by atoms with E-state index in [0.29, 0.717) is 23.5 Å². The van der Waals surface area contributed by atoms with Crippen molar-refractivity contribution >= 4 is 23.4 Å². The molecule has 3 rings (SSSR count). The summed E-state index contributed by atoms with van der Waals surface area (Å²) in [6, 6.07) is 2.46. The lowest BCUT2D eigenvalue weighted by molar-refractivity contribution is -0.402. The Labute approximate surface area is 192 Å². The van der Waals surface area contributed by atoms with Gasteiger partial charge in [-0.2, -0.15) is 26.3 Å². The van der Waals surface area contributed by atoms with Crippen molar-refractivity contribution in [3.63, 3.8) is 0 Å². The lowest BCUT2D eigenvalue weighted by Crippen LogP contribution is -2.39. The Morgan fingerprint density at radius 2 is 1.71 bits per heavy atom. The Balaban J connectivity index is 1.88. The summed E-state index contributed by atoms with van der Waals surface area (Å²) in [6.45, 7) is -0.986. The molecule has 1 aromatic heterocycles. The van der Waals surface area contributed by atoms with Gasteiger partial charge < -0.3 is 18.8 Å². The van der Waals surface area contributed by atoms with E-state index in [1.807, 2.05) is 0 Å². The third kappa shape index (κ3) is 6.49. The van der Waals surface area contributed by atoms with Crippen LogP contribution in [0.3, 0.4) is 0 Å². The molecular weight excluding hydrogens is 494 g/mol. The molecule has 15 heteroatoms. The first-order valence-electron chi connectivity index (χ1n) is 9.84. The zero-order valence-electron chi connectivity index (χ0n) is 17.5. The van der Waals surface area contributed by atoms with E-state index in [2.05, 4.69) is 4.42 Å². The number of nitro groups is 1. The second-order valence-corrected chi connectivity index (χ2v) is 7.47. The van der Waals surface area contributed by atoms with E-state index in [0.717, 1.165) is 12.1 Å². The minimum atomic E-state index is -5.14. The lowest BCUT2D eigenvalue weighted by Gasteiger charge is -2.27. The number of esters is 1. The fraction of sp³-hybridized carbons (Fsp3) is 0.400. The number of alkyl halides is 6. The van der Waals surface area contributed by atoms with Crippen LogP contribution in [0.1, 0.15) is 28.1 Å². The molecule has 190 valence electrons. The van der Waals surface area contributed by atoms with E-state index in [4.69, 9.17) is 9.47 Å². The van der Waals surface area contributed by atoms with Gasteiger partial charge in [0.05, 0.1) is 23.8 Å². The second kappa shape index (κ2) is 9.93. The molecule has 0 spiro atoms. The number of halogens is 6. The highest BCUT2D eigenvalue weighted by Gasteiger charge is 2.38. The van der Waals surface area contributed by atoms with Crippen molar-refractivity contribution in [2.75, 3.05) is 31.3 Å². The topological polar surface area (TPSA) is 112 Å². The van der Waals surface area contributed by atoms with Crippen molar-refractivity contribution in [3.05, 3.63) is 57.3 Å². The van der Waals surface area contributed by atoms with E-state index in [-0.39, 0.29) is 25.8 Å². The Hall–Kier alpha value is -3.62. The fourth-order valence-corrected chi connectivity index (χ4v) is 3.24. The summed E-state index contributed by atoms with van der Waals surface area (Å²) in [5.41, 5.74) is -3.95. The second-order valence-electron chi connectivity index (χ2n) is 7.47. The van der Waals surface area contributed by atoms with Crippen LogP contribution in [0.25, 0.3) is 0 Å². The van der Waals surface area contributed by atoms with Crippen LogP contribution in [0.5, 0.6) is 0 Å². The maximum absolute atomic E-state index is 13.3. The molecule has 2 heterocycles. The molecular formula is C20H16F6N2O7. The monoisotopic (exact) mass is 510 g/mol. The predicted octanol–water partition coefficient (Wildman–Crippen LogP) is 4.45. The Morgan fingerprint density at radius 3 is 2.20 bits per heavy atom. The fourth-order valence-electron chi connectivity index (χ4n) is 3.24. The number of hydrogen-bond donors (Lipinski definition) is 0. The molecule has 0 unspecified atom stereocenters. The maximum atomic E-state index is 13.3. The minimum Gasteiger partial charge on any atom is -0.450 e. The van der Waals surface area contributed by atoms with E-state index in [9.17, 15) is 46.0 Å². The highest BCUT2D eigenvalue weighted by Crippen LogP contribution is 2.38. The first-order valence-corrected chi connectivity index (χ1v) is 9.84. The quantitative estimate of drug-likeness (QED) is 0.234. The number of ether oxygens (including phenoxy) is 2. The Morgan fingerprint density at radius 1 is 1.09 bits per heavy atom. The number of nitrogens with zero attached hydrogens (tertiary/aromatic N) is 2. The number of carbonyl (C=O) groups excluding carboxylic acids is 2. The molecule has 0 aliphatic carbocycles. The van der Waals surface area contributed by atoms with E-state index < -0.39 is 70.1 Å². The number of anilines is 1. The van der Waals surface area contributed by atoms with Gasteiger partial charge in [-0.15, -0.1) is 0 Å². The van der Waals surface area contributed by atoms with Crippen molar-refractivity contribution in [1.29, 1.82) is 0 Å². The Kier molecular flexibility index (Phi) is 7.38. The number of rotatable bonds is 7. The summed E-state index contributed by atoms with van der Waals surface area (Å²) in [6.07, 6.45) is -9.88. The van der Waals surface area contributed by atoms with Crippen molar-refractivity contribution in [3.8, 4) is 0 Å². The van der Waals surface area contributed by atoms with Gasteiger partial charge in [0.1, 0.15) is 4.92 Å². The molecule has 0 bridgehead atoms. The van der Waals surface area contributed by atoms with Gasteiger partial charge in [-0.1, -0.05) is 0 Å². The molecule has 1 amide bonds. The molecule has 1 fully saturated rings. The van der Waals surface area contributed by atoms with Crippen LogP contribution in [-0.2, 0) is 26.6 Å². The molecule has 1 aliphatic rings. The predicted molar refractivity (Wildman–Crippen MR) is 103 cm³/mol. The van der Waals surface area contributed by atoms with Gasteiger partial charge in [-0.3, -0.25) is 14.9 Å². The highest BCUT2D eigenvalue weighted by molar-refractivity contribution is 5.96. The largest absolute Gasteiger partial charge is 0.450 e. The van der Waals surface area contributed by atoms with Gasteiger partial charge in [0, 0.05) is 24.8 Å². The highest BCUT2D eigenvalue weighted by atomic mass is 19.4. The number of benzene rings is 1. The van der Waals surface area contributed by atoms with Crippen molar-refractivity contribution in [2.24, 2.45) is 5.92 Å². The minimum absolute atomic E-state index is 0.0747. The van der Waals surface area contributed by atoms with Crippen LogP contribution in [-0.4, -0.2) is 43.2 Å². The standard InChI is InChI=1S/C20H16F6N2O7/c21-19(22,23)12-5-13(20(24,25)26)7-14(6-12)27(8-11-3-4-33-9-11)16(29)10-34-18(30)15-1-2-17(35-15)28(31)32/h1-2,5-7,11H,3-4,8-10H2/t11-/m0/s1. The van der Waals surface area contributed by atoms with E-state index in [1.54, 1.807) is 0 Å². The first kappa shape index (κ1) is 26.0. The summed E-state index contributed by atoms with van der Waals surface area (Å²) in [5.74, 6) is -4.23. The van der Waals surface area contributed by atoms with Crippen LogP contribution >= 0.6 is 0 Å². The lowest BCUT2D eigenvalue weighted by atomic mass is 10.0. The molecule has 0 N–H and O–H groups in total. The molecule has 1 atom stereocenters. The third-order valence-corrected chi connectivity index (χ3v) is 4.95. The van der Waals surface area contributed by atoms with Gasteiger partial charge in [-0.25, -0.2) is 4.79 Å². The normalized spacial score (nSPS) is 16.2. The summed E-state index contributed by atoms with van der Waals surface area (Å²) in [4.78, 5) is 35.2. The van der Waals surface area contributed by atoms with Crippen LogP contribution in [0.4, 0.5) is 37.9 Å². The van der Waals surface area contributed by atoms with E-state index >= 15 is 0 Å². The average Bonchev–Trinajstić information content (AvgIpc) is 3.46. The summed E-state index contributed by atoms with van der Waals surface area (Å²) < 4.78 is 94.2. The van der Waals surface area contributed by atoms with Gasteiger partial charge in [0.2, 0.25) is 5.76 Å². The van der Waals surface area contributed by atoms with Crippen LogP contribution in [0.15, 0.2) is 34.7 Å². The van der Waals surface area contributed by atoms with Crippen LogP contribution in [0.2, 0.25) is 0 Å². The maximum Gasteiger partial charge on any atom is 0.433 e. The number of carbonyl (C=O) groups is 2. The van der Waals surface area contributed by atoms with Crippen molar-refractivity contribution in [1.82, 2.24) is 0 Å². The van der Waals surface area contributed by atoms with Crippen LogP contribution in [0, 0.1) is 16.0 Å². The molecule has 2 aromatic rings. The molecule has 1 saturated heterocycles. The zero-order chi connectivity index (χ0) is 26.0. The average molecular weight is 510 g/mol. The Bertz CT molecular complexity index is 1070. The molecule has 9 nitrogen and oxygen atoms in total. The molecule has 0 radical (unpaired) electrons. The van der Waals surface area contributed by atoms with Gasteiger partial charge in [0.15, 0.2) is 6.61 Å². The molecule has 1 aliphatic heterocycles. The zero-order valence-corrected chi connectivity index (χ0v) is 17.5. The van der Waals surface area contributed by atoms with Crippen LogP contribution < -0.4 is 4.90 Å². The van der Waals surface area contributed by atoms with Crippen molar-refractivity contribution in [2.45, 2.75) is 18.8 Å². The van der Waals surface area contributed by atoms with Gasteiger partial charge in [0.25, 0.3) is 5.91 Å². The summed E-state index contributed by atoms with van der Waals surface area (Å²) in [7, 11) is 0. The smallest absolute Gasteiger partial charge is 0.433 e. The van der Waals surface area contributed by atoms with Gasteiger partial charge >= 0.3 is 24.2 Å². The molecule has 35 heavy (non-hydrogen) atoms. The number of amides is 1. The summed E-state index contributed by atoms with van der Waals surface area (Å²) >= 11 is 0. The SMILES string of the molecule is O=C(OCC(=O)N(C[C@@H]1CCOC1)c1cc(C(F)(F)F)cc(C(F)(F)F)c1)c1ccc([N+](=O)[O-])o1. The molecule has 1 aromatic carbocycles. The number of furan rings is 1. The third-order valence-electron chi connectivity index (χ3n) is 4.95. The molecule has 0 saturated carbocycles. The first-order chi connectivity index (χ1) is 16.3. The van der Waals surface area contributed by atoms with Crippen molar-refractivity contribution < 1.29 is 54.7 Å². The van der Waals surface area contributed by atoms with Gasteiger partial charge in [-0.05, 0) is 30.7 Å². The number of hydrogen-bond acceptors (Lipinski definition) is 7. The summed E-state index contributed by atoms with van der Waals surface area (Å²) in [5, 5.41) is 10.6. The van der Waals surface area contributed by atoms with E-state index in [1.165, 1.54) is 0 Å².